The van der Waals surface area contributed by atoms with Crippen LogP contribution in [0.2, 0.25) is 0 Å². The van der Waals surface area contributed by atoms with E-state index in [1.165, 1.54) is 0 Å². The van der Waals surface area contributed by atoms with Gasteiger partial charge in [-0.3, -0.25) is 0 Å². The lowest BCUT2D eigenvalue weighted by Crippen LogP contribution is -2.49. The maximum atomic E-state index is 12.3. The largest absolute Gasteiger partial charge is 0.441 e. The van der Waals surface area contributed by atoms with Gasteiger partial charge in [-0.1, -0.05) is 0 Å². The van der Waals surface area contributed by atoms with Gasteiger partial charge >= 0.3 is 6.03 Å². The van der Waals surface area contributed by atoms with E-state index < -0.39 is 0 Å². The van der Waals surface area contributed by atoms with Gasteiger partial charge in [0.2, 0.25) is 0 Å². The zero-order valence-electron chi connectivity index (χ0n) is 13.6. The average molecular weight is 347 g/mol. The summed E-state index contributed by atoms with van der Waals surface area (Å²) >= 11 is 1.94. The van der Waals surface area contributed by atoms with E-state index in [2.05, 4.69) is 15.6 Å². The van der Waals surface area contributed by atoms with Crippen LogP contribution in [0.1, 0.15) is 25.2 Å². The number of urea groups is 1. The molecule has 1 aromatic carbocycles. The second-order valence-corrected chi connectivity index (χ2v) is 7.64. The highest BCUT2D eigenvalue weighted by Crippen LogP contribution is 2.38. The number of amides is 2. The van der Waals surface area contributed by atoms with Crippen LogP contribution in [0.3, 0.4) is 0 Å². The predicted molar refractivity (Wildman–Crippen MR) is 94.5 cm³/mol. The minimum atomic E-state index is -0.182. The molecule has 2 atom stereocenters. The van der Waals surface area contributed by atoms with Crippen LogP contribution in [0.15, 0.2) is 22.6 Å². The Morgan fingerprint density at radius 3 is 3.21 bits per heavy atom. The van der Waals surface area contributed by atoms with Crippen LogP contribution in [-0.2, 0) is 4.74 Å². The SMILES string of the molecule is Cc1nc2ccc(NC(=O)N[C@@H]3CCO[C@]4(CCSC4)C3)cc2o1. The smallest absolute Gasteiger partial charge is 0.319 e. The van der Waals surface area contributed by atoms with E-state index >= 15 is 0 Å². The van der Waals surface area contributed by atoms with Gasteiger partial charge in [-0.25, -0.2) is 9.78 Å². The molecule has 0 radical (unpaired) electrons. The Hall–Kier alpha value is -1.73. The van der Waals surface area contributed by atoms with Crippen LogP contribution in [0.4, 0.5) is 10.5 Å². The van der Waals surface area contributed by atoms with Crippen molar-refractivity contribution < 1.29 is 13.9 Å². The maximum Gasteiger partial charge on any atom is 0.319 e. The van der Waals surface area contributed by atoms with Crippen molar-refractivity contribution in [3.8, 4) is 0 Å². The molecule has 0 bridgehead atoms. The summed E-state index contributed by atoms with van der Waals surface area (Å²) in [7, 11) is 0. The van der Waals surface area contributed by atoms with Gasteiger partial charge in [-0.05, 0) is 37.1 Å². The van der Waals surface area contributed by atoms with Crippen LogP contribution in [0.25, 0.3) is 11.1 Å². The monoisotopic (exact) mass is 347 g/mol. The number of hydrogen-bond donors (Lipinski definition) is 2. The van der Waals surface area contributed by atoms with E-state index in [0.717, 1.165) is 42.9 Å². The fourth-order valence-corrected chi connectivity index (χ4v) is 4.86. The normalized spacial score (nSPS) is 26.8. The first kappa shape index (κ1) is 15.8. The second kappa shape index (κ2) is 6.29. The first-order valence-corrected chi connectivity index (χ1v) is 9.44. The molecule has 3 heterocycles. The van der Waals surface area contributed by atoms with E-state index in [-0.39, 0.29) is 17.7 Å². The maximum absolute atomic E-state index is 12.3. The number of carbonyl (C=O) groups excluding carboxylic acids is 1. The Balaban J connectivity index is 1.38. The number of anilines is 1. The Bertz CT molecular complexity index is 755. The van der Waals surface area contributed by atoms with Gasteiger partial charge in [-0.15, -0.1) is 0 Å². The molecule has 1 spiro atoms. The van der Waals surface area contributed by atoms with Gasteiger partial charge in [0.05, 0.1) is 5.60 Å². The summed E-state index contributed by atoms with van der Waals surface area (Å²) < 4.78 is 11.5. The Kier molecular flexibility index (Phi) is 4.14. The summed E-state index contributed by atoms with van der Waals surface area (Å²) in [4.78, 5) is 16.6. The molecule has 4 rings (SSSR count). The van der Waals surface area contributed by atoms with Crippen LogP contribution in [-0.4, -0.2) is 40.8 Å². The highest BCUT2D eigenvalue weighted by molar-refractivity contribution is 7.99. The van der Waals surface area contributed by atoms with Crippen LogP contribution in [0, 0.1) is 6.92 Å². The van der Waals surface area contributed by atoms with Crippen molar-refractivity contribution in [2.75, 3.05) is 23.4 Å². The highest BCUT2D eigenvalue weighted by atomic mass is 32.2. The molecule has 2 amide bonds. The number of oxazole rings is 1. The molecular formula is C17H21N3O3S. The number of rotatable bonds is 2. The van der Waals surface area contributed by atoms with Gasteiger partial charge in [0.25, 0.3) is 0 Å². The molecule has 24 heavy (non-hydrogen) atoms. The third-order valence-electron chi connectivity index (χ3n) is 4.65. The van der Waals surface area contributed by atoms with E-state index in [4.69, 9.17) is 9.15 Å². The van der Waals surface area contributed by atoms with Crippen LogP contribution in [0.5, 0.6) is 0 Å². The minimum absolute atomic E-state index is 0.0306. The third kappa shape index (κ3) is 3.23. The number of benzene rings is 1. The molecule has 0 saturated carbocycles. The highest BCUT2D eigenvalue weighted by Gasteiger charge is 2.40. The molecule has 2 saturated heterocycles. The summed E-state index contributed by atoms with van der Waals surface area (Å²) in [6, 6.07) is 5.46. The number of aryl methyl sites for hydroxylation is 1. The fourth-order valence-electron chi connectivity index (χ4n) is 3.48. The van der Waals surface area contributed by atoms with Crippen molar-refractivity contribution >= 4 is 34.6 Å². The number of fused-ring (bicyclic) bond motifs is 1. The van der Waals surface area contributed by atoms with Gasteiger partial charge in [0.1, 0.15) is 5.52 Å². The molecule has 6 nitrogen and oxygen atoms in total. The van der Waals surface area contributed by atoms with Crippen molar-refractivity contribution in [1.82, 2.24) is 10.3 Å². The Morgan fingerprint density at radius 1 is 1.46 bits per heavy atom. The van der Waals surface area contributed by atoms with Gasteiger partial charge in [-0.2, -0.15) is 11.8 Å². The number of nitrogens with zero attached hydrogens (tertiary/aromatic N) is 1. The topological polar surface area (TPSA) is 76.4 Å². The summed E-state index contributed by atoms with van der Waals surface area (Å²) in [6.07, 6.45) is 2.84. The molecule has 2 fully saturated rings. The first-order valence-electron chi connectivity index (χ1n) is 8.28. The average Bonchev–Trinajstić information content (AvgIpc) is 3.12. The third-order valence-corrected chi connectivity index (χ3v) is 5.87. The van der Waals surface area contributed by atoms with Crippen molar-refractivity contribution in [2.45, 2.75) is 37.8 Å². The Labute approximate surface area is 144 Å². The zero-order valence-corrected chi connectivity index (χ0v) is 14.4. The molecule has 7 heteroatoms. The molecular weight excluding hydrogens is 326 g/mol. The minimum Gasteiger partial charge on any atom is -0.441 e. The second-order valence-electron chi connectivity index (χ2n) is 6.54. The standard InChI is InChI=1S/C17H21N3O3S/c1-11-18-14-3-2-12(8-15(14)23-11)19-16(21)20-13-4-6-22-17(9-13)5-7-24-10-17/h2-3,8,13H,4-7,9-10H2,1H3,(H2,19,20,21)/t13-,17-/m1/s1. The van der Waals surface area contributed by atoms with Crippen molar-refractivity contribution in [1.29, 1.82) is 0 Å². The number of nitrogens with one attached hydrogen (secondary N) is 2. The number of carbonyl (C=O) groups is 1. The molecule has 2 aliphatic heterocycles. The van der Waals surface area contributed by atoms with E-state index in [0.29, 0.717) is 17.2 Å². The molecule has 0 unspecified atom stereocenters. The number of aromatic nitrogens is 1. The number of hydrogen-bond acceptors (Lipinski definition) is 5. The number of ether oxygens (including phenoxy) is 1. The predicted octanol–water partition coefficient (Wildman–Crippen LogP) is 3.31. The molecule has 2 aromatic rings. The van der Waals surface area contributed by atoms with Gasteiger partial charge < -0.3 is 19.8 Å². The van der Waals surface area contributed by atoms with Gasteiger partial charge in [0.15, 0.2) is 11.5 Å². The summed E-state index contributed by atoms with van der Waals surface area (Å²) in [5.74, 6) is 2.80. The zero-order chi connectivity index (χ0) is 16.6. The Morgan fingerprint density at radius 2 is 2.38 bits per heavy atom. The lowest BCUT2D eigenvalue weighted by molar-refractivity contribution is -0.0682. The van der Waals surface area contributed by atoms with Crippen molar-refractivity contribution in [2.24, 2.45) is 0 Å². The number of thioether (sulfide) groups is 1. The van der Waals surface area contributed by atoms with E-state index in [1.54, 1.807) is 6.07 Å². The van der Waals surface area contributed by atoms with Crippen LogP contribution < -0.4 is 10.6 Å². The van der Waals surface area contributed by atoms with Crippen LogP contribution >= 0.6 is 11.8 Å². The molecule has 2 N–H and O–H groups in total. The quantitative estimate of drug-likeness (QED) is 0.871. The van der Waals surface area contributed by atoms with E-state index in [1.807, 2.05) is 30.8 Å². The summed E-state index contributed by atoms with van der Waals surface area (Å²) in [5, 5.41) is 5.97. The van der Waals surface area contributed by atoms with Gasteiger partial charge in [0, 0.05) is 37.1 Å². The van der Waals surface area contributed by atoms with E-state index in [9.17, 15) is 4.79 Å². The first-order chi connectivity index (χ1) is 11.6. The molecule has 0 aliphatic carbocycles. The fraction of sp³-hybridized carbons (Fsp3) is 0.529. The summed E-state index contributed by atoms with van der Waals surface area (Å²) in [6.45, 7) is 2.52. The van der Waals surface area contributed by atoms with Crippen molar-refractivity contribution in [3.05, 3.63) is 24.1 Å². The lowest BCUT2D eigenvalue weighted by Gasteiger charge is -2.37. The molecule has 128 valence electrons. The van der Waals surface area contributed by atoms with Crippen molar-refractivity contribution in [3.63, 3.8) is 0 Å². The molecule has 2 aliphatic rings. The molecule has 1 aromatic heterocycles. The summed E-state index contributed by atoms with van der Waals surface area (Å²) in [5.41, 5.74) is 2.15. The lowest BCUT2D eigenvalue weighted by atomic mass is 9.90.